The molecule has 2 fully saturated rings. The molecule has 2 saturated carbocycles. The maximum absolute atomic E-state index is 3.56. The van der Waals surface area contributed by atoms with Gasteiger partial charge in [0.25, 0.3) is 0 Å². The second-order valence-corrected chi connectivity index (χ2v) is 7.48. The lowest BCUT2D eigenvalue weighted by Gasteiger charge is -2.13. The molecule has 3 rings (SSSR count). The van der Waals surface area contributed by atoms with Crippen LogP contribution in [0, 0.1) is 29.6 Å². The van der Waals surface area contributed by atoms with Crippen LogP contribution in [0.25, 0.3) is 0 Å². The second-order valence-electron chi connectivity index (χ2n) is 5.03. The molecule has 0 heterocycles. The Labute approximate surface area is 125 Å². The maximum atomic E-state index is 3.56. The van der Waals surface area contributed by atoms with Crippen LogP contribution in [-0.2, 0) is 0 Å². The van der Waals surface area contributed by atoms with Gasteiger partial charge in [-0.2, -0.15) is 0 Å². The summed E-state index contributed by atoms with van der Waals surface area (Å²) in [7, 11) is 0. The summed E-state index contributed by atoms with van der Waals surface area (Å²) in [5, 5.41) is 0. The van der Waals surface area contributed by atoms with Crippen molar-refractivity contribution in [3.63, 3.8) is 0 Å². The number of rotatable bonds is 0. The molecule has 0 aromatic heterocycles. The molecule has 0 radical (unpaired) electrons. The predicted molar refractivity (Wildman–Crippen MR) is 83.1 cm³/mol. The lowest BCUT2D eigenvalue weighted by atomic mass is 9.98. The van der Waals surface area contributed by atoms with E-state index in [0.29, 0.717) is 5.92 Å². The van der Waals surface area contributed by atoms with Gasteiger partial charge in [-0.25, -0.2) is 0 Å². The molecule has 2 aliphatic carbocycles. The molecule has 0 N–H and O–H groups in total. The van der Waals surface area contributed by atoms with E-state index in [-0.39, 0.29) is 0 Å². The third kappa shape index (κ3) is 2.29. The first kappa shape index (κ1) is 12.0. The highest BCUT2D eigenvalue weighted by atomic mass is 127. The summed E-state index contributed by atoms with van der Waals surface area (Å²) in [6.45, 7) is 0. The first-order valence-electron chi connectivity index (χ1n) is 6.16. The van der Waals surface area contributed by atoms with Gasteiger partial charge in [0, 0.05) is 19.9 Å². The first-order chi connectivity index (χ1) is 8.25. The van der Waals surface area contributed by atoms with E-state index >= 15 is 0 Å². The Morgan fingerprint density at radius 2 is 2.06 bits per heavy atom. The van der Waals surface area contributed by atoms with Gasteiger partial charge in [-0.1, -0.05) is 46.6 Å². The summed E-state index contributed by atoms with van der Waals surface area (Å²) in [6.07, 6.45) is 4.19. The molecule has 0 nitrogen and oxygen atoms in total. The minimum absolute atomic E-state index is 0.656. The molecule has 0 amide bonds. The van der Waals surface area contributed by atoms with Crippen molar-refractivity contribution in [2.45, 2.75) is 23.2 Å². The van der Waals surface area contributed by atoms with Crippen molar-refractivity contribution in [2.75, 3.05) is 0 Å². The molecule has 0 spiro atoms. The Balaban J connectivity index is 1.83. The molecule has 0 saturated heterocycles. The Bertz CT molecular complexity index is 485. The van der Waals surface area contributed by atoms with Gasteiger partial charge in [0.2, 0.25) is 0 Å². The van der Waals surface area contributed by atoms with E-state index < -0.39 is 0 Å². The summed E-state index contributed by atoms with van der Waals surface area (Å²) in [5.74, 6) is 9.31. The number of alkyl halides is 1. The predicted octanol–water partition coefficient (Wildman–Crippen LogP) is 4.65. The molecule has 2 bridgehead atoms. The van der Waals surface area contributed by atoms with Gasteiger partial charge in [0.15, 0.2) is 0 Å². The van der Waals surface area contributed by atoms with Crippen molar-refractivity contribution in [2.24, 2.45) is 17.8 Å². The Hall–Kier alpha value is -0.0100. The second kappa shape index (κ2) is 4.93. The highest BCUT2D eigenvalue weighted by molar-refractivity contribution is 14.1. The molecule has 1 aromatic rings. The minimum Gasteiger partial charge on any atom is -0.0938 e. The van der Waals surface area contributed by atoms with E-state index in [1.54, 1.807) is 0 Å². The number of benzene rings is 1. The molecule has 2 aliphatic rings. The molecule has 0 aliphatic heterocycles. The van der Waals surface area contributed by atoms with Crippen LogP contribution in [-0.4, -0.2) is 3.92 Å². The smallest absolute Gasteiger partial charge is 0.0387 e. The fourth-order valence-corrected chi connectivity index (χ4v) is 5.04. The summed E-state index contributed by atoms with van der Waals surface area (Å²) >= 11 is 6.18. The van der Waals surface area contributed by atoms with Gasteiger partial charge in [0.1, 0.15) is 0 Å². The fourth-order valence-electron chi connectivity index (χ4n) is 3.20. The number of hydrogen-bond acceptors (Lipinski definition) is 0. The van der Waals surface area contributed by atoms with Crippen molar-refractivity contribution < 1.29 is 0 Å². The molecule has 1 aromatic carbocycles. The van der Waals surface area contributed by atoms with E-state index in [1.807, 2.05) is 6.07 Å². The minimum atomic E-state index is 0.656. The monoisotopic (exact) mass is 400 g/mol. The van der Waals surface area contributed by atoms with Crippen LogP contribution >= 0.6 is 38.5 Å². The van der Waals surface area contributed by atoms with Crippen molar-refractivity contribution in [3.8, 4) is 11.8 Å². The SMILES string of the molecule is Brc1ccccc1C#C[C@H]1[C@@H]2CC[C@H]1[C@H](I)C2. The molecular weight excluding hydrogens is 387 g/mol. The number of fused-ring (bicyclic) bond motifs is 2. The van der Waals surface area contributed by atoms with Crippen LogP contribution in [0.1, 0.15) is 24.8 Å². The van der Waals surface area contributed by atoms with Crippen LogP contribution < -0.4 is 0 Å². The highest BCUT2D eigenvalue weighted by Gasteiger charge is 2.46. The molecule has 17 heavy (non-hydrogen) atoms. The number of hydrogen-bond donors (Lipinski definition) is 0. The average Bonchev–Trinajstić information content (AvgIpc) is 2.84. The van der Waals surface area contributed by atoms with Crippen LogP contribution in [0.2, 0.25) is 0 Å². The molecule has 2 heteroatoms. The lowest BCUT2D eigenvalue weighted by Crippen LogP contribution is -2.10. The van der Waals surface area contributed by atoms with Crippen molar-refractivity contribution in [1.82, 2.24) is 0 Å². The van der Waals surface area contributed by atoms with Gasteiger partial charge in [-0.05, 0) is 59.2 Å². The molecular formula is C15H14BrI. The van der Waals surface area contributed by atoms with E-state index in [2.05, 4.69) is 68.6 Å². The van der Waals surface area contributed by atoms with E-state index in [4.69, 9.17) is 0 Å². The fraction of sp³-hybridized carbons (Fsp3) is 0.467. The average molecular weight is 401 g/mol. The molecule has 4 atom stereocenters. The zero-order chi connectivity index (χ0) is 11.8. The normalized spacial score (nSPS) is 34.5. The van der Waals surface area contributed by atoms with Gasteiger partial charge >= 0.3 is 0 Å². The summed E-state index contributed by atoms with van der Waals surface area (Å²) in [6, 6.07) is 8.25. The van der Waals surface area contributed by atoms with Crippen LogP contribution in [0.3, 0.4) is 0 Å². The Morgan fingerprint density at radius 3 is 2.71 bits per heavy atom. The van der Waals surface area contributed by atoms with Crippen molar-refractivity contribution in [1.29, 1.82) is 0 Å². The van der Waals surface area contributed by atoms with Crippen molar-refractivity contribution in [3.05, 3.63) is 34.3 Å². The summed E-state index contributed by atoms with van der Waals surface area (Å²) < 4.78 is 1.98. The van der Waals surface area contributed by atoms with Gasteiger partial charge < -0.3 is 0 Å². The Morgan fingerprint density at radius 1 is 1.24 bits per heavy atom. The molecule has 0 unspecified atom stereocenters. The Kier molecular flexibility index (Phi) is 3.49. The van der Waals surface area contributed by atoms with E-state index in [0.717, 1.165) is 25.8 Å². The summed E-state index contributed by atoms with van der Waals surface area (Å²) in [5.41, 5.74) is 1.13. The number of halogens is 2. The van der Waals surface area contributed by atoms with Crippen molar-refractivity contribution >= 4 is 38.5 Å². The zero-order valence-corrected chi connectivity index (χ0v) is 13.2. The topological polar surface area (TPSA) is 0 Å². The lowest BCUT2D eigenvalue weighted by molar-refractivity contribution is 0.500. The molecule has 88 valence electrons. The quantitative estimate of drug-likeness (QED) is 0.338. The largest absolute Gasteiger partial charge is 0.0938 e. The highest BCUT2D eigenvalue weighted by Crippen LogP contribution is 2.52. The van der Waals surface area contributed by atoms with Gasteiger partial charge in [0.05, 0.1) is 0 Å². The van der Waals surface area contributed by atoms with Crippen LogP contribution in [0.15, 0.2) is 28.7 Å². The first-order valence-corrected chi connectivity index (χ1v) is 8.19. The third-order valence-electron chi connectivity index (χ3n) is 4.08. The standard InChI is InChI=1S/C15H14BrI/c16-14-4-2-1-3-10(14)5-7-12-11-6-8-13(12)15(17)9-11/h1-4,11-13,15H,6,8-9H2/t11-,12+,13-,15-/m1/s1. The van der Waals surface area contributed by atoms with E-state index in [9.17, 15) is 0 Å². The zero-order valence-electron chi connectivity index (χ0n) is 9.50. The van der Waals surface area contributed by atoms with Crippen LogP contribution in [0.4, 0.5) is 0 Å². The maximum Gasteiger partial charge on any atom is 0.0387 e. The van der Waals surface area contributed by atoms with Gasteiger partial charge in [-0.3, -0.25) is 0 Å². The third-order valence-corrected chi connectivity index (χ3v) is 6.20. The van der Waals surface area contributed by atoms with E-state index in [1.165, 1.54) is 19.3 Å². The van der Waals surface area contributed by atoms with Gasteiger partial charge in [-0.15, -0.1) is 0 Å². The van der Waals surface area contributed by atoms with Crippen LogP contribution in [0.5, 0.6) is 0 Å². The summed E-state index contributed by atoms with van der Waals surface area (Å²) in [4.78, 5) is 0.